The summed E-state index contributed by atoms with van der Waals surface area (Å²) in [5.41, 5.74) is 6.00. The Morgan fingerprint density at radius 3 is 2.81 bits per heavy atom. The first-order chi connectivity index (χ1) is 9.94. The minimum absolute atomic E-state index is 0.0239. The van der Waals surface area contributed by atoms with E-state index in [1.165, 1.54) is 0 Å². The number of ether oxygens (including phenoxy) is 1. The van der Waals surface area contributed by atoms with Gasteiger partial charge in [0.05, 0.1) is 24.8 Å². The Bertz CT molecular complexity index is 506. The summed E-state index contributed by atoms with van der Waals surface area (Å²) in [5.74, 6) is 0.327. The number of nitriles is 1. The van der Waals surface area contributed by atoms with Gasteiger partial charge in [-0.15, -0.1) is 0 Å². The normalized spacial score (nSPS) is 10.7. The van der Waals surface area contributed by atoms with E-state index < -0.39 is 0 Å². The van der Waals surface area contributed by atoms with E-state index in [0.717, 1.165) is 18.7 Å². The van der Waals surface area contributed by atoms with Gasteiger partial charge in [0.15, 0.2) is 0 Å². The number of carbonyl (C=O) groups excluding carboxylic acids is 1. The van der Waals surface area contributed by atoms with Crippen LogP contribution in [0.3, 0.4) is 0 Å². The van der Waals surface area contributed by atoms with Crippen molar-refractivity contribution < 1.29 is 9.53 Å². The smallest absolute Gasteiger partial charge is 0.220 e. The van der Waals surface area contributed by atoms with Crippen molar-refractivity contribution in [3.63, 3.8) is 0 Å². The van der Waals surface area contributed by atoms with Crippen LogP contribution in [0.5, 0.6) is 5.75 Å². The van der Waals surface area contributed by atoms with E-state index in [4.69, 9.17) is 15.7 Å². The van der Waals surface area contributed by atoms with Crippen LogP contribution in [0.25, 0.3) is 0 Å². The average Bonchev–Trinajstić information content (AvgIpc) is 2.44. The summed E-state index contributed by atoms with van der Waals surface area (Å²) in [7, 11) is 0. The quantitative estimate of drug-likeness (QED) is 0.731. The second-order valence-corrected chi connectivity index (χ2v) is 5.74. The number of hydrogen-bond donors (Lipinski definition) is 2. The Kier molecular flexibility index (Phi) is 6.54. The molecule has 5 nitrogen and oxygen atoms in total. The number of amides is 1. The van der Waals surface area contributed by atoms with Crippen LogP contribution in [-0.2, 0) is 4.79 Å². The zero-order valence-corrected chi connectivity index (χ0v) is 12.7. The number of nitrogens with two attached hydrogens (primary N) is 1. The van der Waals surface area contributed by atoms with Crippen LogP contribution in [0.2, 0.25) is 0 Å². The van der Waals surface area contributed by atoms with Crippen molar-refractivity contribution in [1.29, 1.82) is 5.26 Å². The number of anilines is 1. The van der Waals surface area contributed by atoms with Crippen molar-refractivity contribution in [1.82, 2.24) is 0 Å². The van der Waals surface area contributed by atoms with E-state index in [1.807, 2.05) is 24.3 Å². The van der Waals surface area contributed by atoms with E-state index in [0.29, 0.717) is 12.2 Å². The van der Waals surface area contributed by atoms with Crippen molar-refractivity contribution in [2.45, 2.75) is 33.1 Å². The lowest BCUT2D eigenvalue weighted by Gasteiger charge is -2.25. The predicted molar refractivity (Wildman–Crippen MR) is 82.9 cm³/mol. The zero-order valence-electron chi connectivity index (χ0n) is 12.7. The van der Waals surface area contributed by atoms with E-state index in [-0.39, 0.29) is 24.3 Å². The van der Waals surface area contributed by atoms with Crippen LogP contribution >= 0.6 is 0 Å². The SMILES string of the molecule is CC(C)(CCC#N)CNc1ccccc1OCCC(N)=O. The van der Waals surface area contributed by atoms with Crippen LogP contribution in [0, 0.1) is 16.7 Å². The van der Waals surface area contributed by atoms with Crippen molar-refractivity contribution >= 4 is 11.6 Å². The molecule has 1 rings (SSSR count). The maximum absolute atomic E-state index is 10.7. The van der Waals surface area contributed by atoms with Crippen LogP contribution < -0.4 is 15.8 Å². The Balaban J connectivity index is 2.58. The molecule has 3 N–H and O–H groups in total. The maximum Gasteiger partial charge on any atom is 0.220 e. The highest BCUT2D eigenvalue weighted by atomic mass is 16.5. The van der Waals surface area contributed by atoms with Gasteiger partial charge in [0.2, 0.25) is 5.91 Å². The fourth-order valence-corrected chi connectivity index (χ4v) is 1.82. The van der Waals surface area contributed by atoms with Crippen LogP contribution in [-0.4, -0.2) is 19.1 Å². The number of benzene rings is 1. The first kappa shape index (κ1) is 16.8. The second kappa shape index (κ2) is 8.15. The summed E-state index contributed by atoms with van der Waals surface area (Å²) in [6.45, 7) is 5.25. The van der Waals surface area contributed by atoms with E-state index in [2.05, 4.69) is 25.2 Å². The summed E-state index contributed by atoms with van der Waals surface area (Å²) in [5, 5.41) is 12.0. The molecule has 0 bridgehead atoms. The molecule has 0 aliphatic heterocycles. The summed E-state index contributed by atoms with van der Waals surface area (Å²) < 4.78 is 5.58. The molecule has 21 heavy (non-hydrogen) atoms. The molecule has 5 heteroatoms. The number of nitrogens with one attached hydrogen (secondary N) is 1. The fourth-order valence-electron chi connectivity index (χ4n) is 1.82. The molecule has 1 aromatic rings. The molecule has 0 atom stereocenters. The first-order valence-electron chi connectivity index (χ1n) is 7.05. The minimum atomic E-state index is -0.377. The van der Waals surface area contributed by atoms with Crippen LogP contribution in [0.4, 0.5) is 5.69 Å². The van der Waals surface area contributed by atoms with Gasteiger partial charge in [-0.1, -0.05) is 26.0 Å². The highest BCUT2D eigenvalue weighted by molar-refractivity contribution is 5.73. The predicted octanol–water partition coefficient (Wildman–Crippen LogP) is 2.68. The zero-order chi connectivity index (χ0) is 15.7. The van der Waals surface area contributed by atoms with E-state index >= 15 is 0 Å². The third-order valence-corrected chi connectivity index (χ3v) is 3.16. The maximum atomic E-state index is 10.7. The molecule has 1 aromatic carbocycles. The Labute approximate surface area is 126 Å². The van der Waals surface area contributed by atoms with Gasteiger partial charge in [-0.3, -0.25) is 4.79 Å². The molecule has 114 valence electrons. The third kappa shape index (κ3) is 6.66. The molecule has 0 radical (unpaired) electrons. The van der Waals surface area contributed by atoms with Crippen LogP contribution in [0.1, 0.15) is 33.1 Å². The van der Waals surface area contributed by atoms with Gasteiger partial charge in [-0.2, -0.15) is 5.26 Å². The Hall–Kier alpha value is -2.22. The lowest BCUT2D eigenvalue weighted by Crippen LogP contribution is -2.23. The second-order valence-electron chi connectivity index (χ2n) is 5.74. The van der Waals surface area contributed by atoms with Gasteiger partial charge in [0.25, 0.3) is 0 Å². The summed E-state index contributed by atoms with van der Waals surface area (Å²) in [6, 6.07) is 9.76. The first-order valence-corrected chi connectivity index (χ1v) is 7.05. The number of carbonyl (C=O) groups is 1. The van der Waals surface area contributed by atoms with Gasteiger partial charge in [-0.05, 0) is 24.0 Å². The molecule has 0 saturated carbocycles. The number of primary amides is 1. The van der Waals surface area contributed by atoms with Gasteiger partial charge in [0, 0.05) is 13.0 Å². The Morgan fingerprint density at radius 1 is 1.43 bits per heavy atom. The average molecular weight is 289 g/mol. The van der Waals surface area contributed by atoms with Crippen molar-refractivity contribution in [2.75, 3.05) is 18.5 Å². The molecular weight excluding hydrogens is 266 g/mol. The summed E-state index contributed by atoms with van der Waals surface area (Å²) in [4.78, 5) is 10.7. The molecule has 1 amide bonds. The highest BCUT2D eigenvalue weighted by Gasteiger charge is 2.17. The summed E-state index contributed by atoms with van der Waals surface area (Å²) >= 11 is 0. The molecule has 0 unspecified atom stereocenters. The van der Waals surface area contributed by atoms with Gasteiger partial charge >= 0.3 is 0 Å². The van der Waals surface area contributed by atoms with E-state index in [1.54, 1.807) is 0 Å². The lowest BCUT2D eigenvalue weighted by atomic mass is 9.88. The number of nitrogens with zero attached hydrogens (tertiary/aromatic N) is 1. The lowest BCUT2D eigenvalue weighted by molar-refractivity contribution is -0.118. The molecule has 0 aliphatic rings. The summed E-state index contributed by atoms with van der Waals surface area (Å²) in [6.07, 6.45) is 1.58. The minimum Gasteiger partial charge on any atom is -0.491 e. The van der Waals surface area contributed by atoms with Crippen molar-refractivity contribution in [3.05, 3.63) is 24.3 Å². The highest BCUT2D eigenvalue weighted by Crippen LogP contribution is 2.27. The third-order valence-electron chi connectivity index (χ3n) is 3.16. The molecule has 0 aliphatic carbocycles. The van der Waals surface area contributed by atoms with Gasteiger partial charge in [-0.25, -0.2) is 0 Å². The molecular formula is C16H23N3O2. The standard InChI is InChI=1S/C16H23N3O2/c1-16(2,9-5-10-17)12-19-13-6-3-4-7-14(13)21-11-8-15(18)20/h3-4,6-7,19H,5,8-9,11-12H2,1-2H3,(H2,18,20). The van der Waals surface area contributed by atoms with Gasteiger partial charge < -0.3 is 15.8 Å². The fraction of sp³-hybridized carbons (Fsp3) is 0.500. The number of para-hydroxylation sites is 2. The van der Waals surface area contributed by atoms with Crippen LogP contribution in [0.15, 0.2) is 24.3 Å². The van der Waals surface area contributed by atoms with E-state index in [9.17, 15) is 4.79 Å². The molecule has 0 spiro atoms. The van der Waals surface area contributed by atoms with Crippen molar-refractivity contribution in [3.8, 4) is 11.8 Å². The van der Waals surface area contributed by atoms with Gasteiger partial charge in [0.1, 0.15) is 5.75 Å². The van der Waals surface area contributed by atoms with Crippen molar-refractivity contribution in [2.24, 2.45) is 11.1 Å². The molecule has 0 aromatic heterocycles. The molecule has 0 saturated heterocycles. The molecule has 0 heterocycles. The monoisotopic (exact) mass is 289 g/mol. The largest absolute Gasteiger partial charge is 0.491 e. The number of hydrogen-bond acceptors (Lipinski definition) is 4. The molecule has 0 fully saturated rings. The number of rotatable bonds is 9. The Morgan fingerprint density at radius 2 is 2.14 bits per heavy atom. The topological polar surface area (TPSA) is 88.1 Å².